The molecule has 0 heterocycles. The van der Waals surface area contributed by atoms with Gasteiger partial charge in [0.1, 0.15) is 0 Å². The summed E-state index contributed by atoms with van der Waals surface area (Å²) in [4.78, 5) is 0. The van der Waals surface area contributed by atoms with Crippen molar-refractivity contribution in [3.05, 3.63) is 144 Å². The molecule has 0 saturated heterocycles. The molecule has 1 spiro atoms. The maximum atomic E-state index is 3.81. The van der Waals surface area contributed by atoms with Crippen LogP contribution in [0.2, 0.25) is 0 Å². The first-order chi connectivity index (χ1) is 18.3. The molecule has 0 saturated carbocycles. The second-order valence-corrected chi connectivity index (χ2v) is 10.3. The standard InChI is InChI=1S/C35H30N2/c1-3-9-25(10-4-1)26-17-19-30(20-18-26)37-32-16-8-12-28-22-24-35(34(28)32)23-21-27-11-7-15-31(33(27)35)36-29-13-5-2-6-14-29/h1-20,36-37H,21-24H2/t35-/m1/s1. The first-order valence-corrected chi connectivity index (χ1v) is 13.3. The zero-order valence-electron chi connectivity index (χ0n) is 20.9. The van der Waals surface area contributed by atoms with Crippen LogP contribution in [0, 0.1) is 0 Å². The van der Waals surface area contributed by atoms with Crippen LogP contribution >= 0.6 is 0 Å². The van der Waals surface area contributed by atoms with E-state index in [1.54, 1.807) is 0 Å². The second-order valence-electron chi connectivity index (χ2n) is 10.3. The fraction of sp³-hybridized carbons (Fsp3) is 0.143. The minimum absolute atomic E-state index is 0.0383. The van der Waals surface area contributed by atoms with Gasteiger partial charge in [0.15, 0.2) is 0 Å². The summed E-state index contributed by atoms with van der Waals surface area (Å²) in [5.41, 5.74) is 13.2. The van der Waals surface area contributed by atoms with Crippen molar-refractivity contribution in [1.29, 1.82) is 0 Å². The molecule has 5 aromatic rings. The van der Waals surface area contributed by atoms with Gasteiger partial charge in [0.05, 0.1) is 0 Å². The highest BCUT2D eigenvalue weighted by atomic mass is 14.9. The summed E-state index contributed by atoms with van der Waals surface area (Å²) in [6.07, 6.45) is 4.57. The van der Waals surface area contributed by atoms with Crippen molar-refractivity contribution in [2.45, 2.75) is 31.1 Å². The number of aryl methyl sites for hydroxylation is 2. The zero-order valence-corrected chi connectivity index (χ0v) is 20.9. The molecule has 2 aliphatic carbocycles. The van der Waals surface area contributed by atoms with Crippen molar-refractivity contribution in [2.75, 3.05) is 10.6 Å². The van der Waals surface area contributed by atoms with Crippen LogP contribution in [0.25, 0.3) is 11.1 Å². The third-order valence-corrected chi connectivity index (χ3v) is 8.22. The van der Waals surface area contributed by atoms with Crippen molar-refractivity contribution in [2.24, 2.45) is 0 Å². The minimum Gasteiger partial charge on any atom is -0.355 e. The lowest BCUT2D eigenvalue weighted by Crippen LogP contribution is -2.23. The van der Waals surface area contributed by atoms with Crippen LogP contribution < -0.4 is 10.6 Å². The molecule has 2 aliphatic rings. The lowest BCUT2D eigenvalue weighted by molar-refractivity contribution is 0.510. The highest BCUT2D eigenvalue weighted by Crippen LogP contribution is 2.57. The van der Waals surface area contributed by atoms with E-state index >= 15 is 0 Å². The van der Waals surface area contributed by atoms with Crippen LogP contribution in [0.4, 0.5) is 22.7 Å². The van der Waals surface area contributed by atoms with Gasteiger partial charge in [-0.05, 0) is 95.5 Å². The number of rotatable bonds is 5. The lowest BCUT2D eigenvalue weighted by atomic mass is 9.75. The van der Waals surface area contributed by atoms with E-state index in [0.29, 0.717) is 0 Å². The third kappa shape index (κ3) is 3.81. The number of fused-ring (bicyclic) bond motifs is 4. The monoisotopic (exact) mass is 478 g/mol. The summed E-state index contributed by atoms with van der Waals surface area (Å²) in [6, 6.07) is 43.6. The van der Waals surface area contributed by atoms with Crippen LogP contribution in [0.5, 0.6) is 0 Å². The molecule has 1 atom stereocenters. The van der Waals surface area contributed by atoms with Gasteiger partial charge < -0.3 is 10.6 Å². The average Bonchev–Trinajstić information content (AvgIpc) is 3.53. The molecular formula is C35H30N2. The number of anilines is 4. The van der Waals surface area contributed by atoms with E-state index in [1.165, 1.54) is 44.8 Å². The number of hydrogen-bond donors (Lipinski definition) is 2. The first-order valence-electron chi connectivity index (χ1n) is 13.3. The van der Waals surface area contributed by atoms with Gasteiger partial charge in [0, 0.05) is 28.2 Å². The van der Waals surface area contributed by atoms with Crippen molar-refractivity contribution in [3.8, 4) is 11.1 Å². The van der Waals surface area contributed by atoms with E-state index in [9.17, 15) is 0 Å². The van der Waals surface area contributed by atoms with Gasteiger partial charge >= 0.3 is 0 Å². The molecule has 0 radical (unpaired) electrons. The van der Waals surface area contributed by atoms with Gasteiger partial charge in [-0.1, -0.05) is 84.9 Å². The summed E-state index contributed by atoms with van der Waals surface area (Å²) in [5.74, 6) is 0. The Morgan fingerprint density at radius 1 is 0.432 bits per heavy atom. The molecule has 0 amide bonds. The Hall–Kier alpha value is -4.30. The minimum atomic E-state index is 0.0383. The van der Waals surface area contributed by atoms with E-state index in [2.05, 4.69) is 132 Å². The van der Waals surface area contributed by atoms with E-state index in [4.69, 9.17) is 0 Å². The van der Waals surface area contributed by atoms with Gasteiger partial charge in [-0.2, -0.15) is 0 Å². The summed E-state index contributed by atoms with van der Waals surface area (Å²) < 4.78 is 0. The maximum Gasteiger partial charge on any atom is 0.0428 e. The predicted octanol–water partition coefficient (Wildman–Crippen LogP) is 9.02. The van der Waals surface area contributed by atoms with Crippen molar-refractivity contribution >= 4 is 22.7 Å². The smallest absolute Gasteiger partial charge is 0.0428 e. The Morgan fingerprint density at radius 2 is 0.919 bits per heavy atom. The molecular weight excluding hydrogens is 448 g/mol. The molecule has 180 valence electrons. The molecule has 0 aliphatic heterocycles. The topological polar surface area (TPSA) is 24.1 Å². The highest BCUT2D eigenvalue weighted by molar-refractivity contribution is 5.77. The number of para-hydroxylation sites is 1. The summed E-state index contributed by atoms with van der Waals surface area (Å²) >= 11 is 0. The SMILES string of the molecule is c1ccc(Nc2cccc3c2[C@@]2(CC3)CCc3cccc(Nc4ccc(-c5ccccc5)cc4)c32)cc1. The van der Waals surface area contributed by atoms with Crippen LogP contribution in [-0.4, -0.2) is 0 Å². The fourth-order valence-electron chi connectivity index (χ4n) is 6.61. The van der Waals surface area contributed by atoms with E-state index in [0.717, 1.165) is 37.1 Å². The van der Waals surface area contributed by atoms with Crippen molar-refractivity contribution in [3.63, 3.8) is 0 Å². The maximum absolute atomic E-state index is 3.81. The van der Waals surface area contributed by atoms with Crippen molar-refractivity contribution < 1.29 is 0 Å². The quantitative estimate of drug-likeness (QED) is 0.263. The molecule has 5 aromatic carbocycles. The van der Waals surface area contributed by atoms with Crippen molar-refractivity contribution in [1.82, 2.24) is 0 Å². The lowest BCUT2D eigenvalue weighted by Gasteiger charge is -2.31. The molecule has 2 nitrogen and oxygen atoms in total. The van der Waals surface area contributed by atoms with Gasteiger partial charge in [0.2, 0.25) is 0 Å². The molecule has 37 heavy (non-hydrogen) atoms. The summed E-state index contributed by atoms with van der Waals surface area (Å²) in [7, 11) is 0. The van der Waals surface area contributed by atoms with E-state index in [-0.39, 0.29) is 5.41 Å². The highest BCUT2D eigenvalue weighted by Gasteiger charge is 2.47. The molecule has 2 heteroatoms. The van der Waals surface area contributed by atoms with Gasteiger partial charge in [-0.15, -0.1) is 0 Å². The first kappa shape index (κ1) is 21.9. The van der Waals surface area contributed by atoms with E-state index < -0.39 is 0 Å². The Bertz CT molecular complexity index is 1550. The Balaban J connectivity index is 1.27. The molecule has 0 aromatic heterocycles. The van der Waals surface area contributed by atoms with Gasteiger partial charge in [-0.3, -0.25) is 0 Å². The third-order valence-electron chi connectivity index (χ3n) is 8.22. The van der Waals surface area contributed by atoms with Crippen LogP contribution in [0.1, 0.15) is 35.1 Å². The zero-order chi connectivity index (χ0) is 24.7. The largest absolute Gasteiger partial charge is 0.355 e. The molecule has 0 unspecified atom stereocenters. The normalized spacial score (nSPS) is 17.4. The molecule has 2 N–H and O–H groups in total. The fourth-order valence-corrected chi connectivity index (χ4v) is 6.61. The summed E-state index contributed by atoms with van der Waals surface area (Å²) in [5, 5.41) is 7.57. The molecule has 7 rings (SSSR count). The number of benzene rings is 5. The van der Waals surface area contributed by atoms with Crippen LogP contribution in [0.15, 0.2) is 121 Å². The van der Waals surface area contributed by atoms with Gasteiger partial charge in [-0.25, -0.2) is 0 Å². The Labute approximate surface area is 219 Å². The van der Waals surface area contributed by atoms with E-state index in [1.807, 2.05) is 0 Å². The Morgan fingerprint density at radius 3 is 1.49 bits per heavy atom. The molecule has 0 fully saturated rings. The number of nitrogens with one attached hydrogen (secondary N) is 2. The van der Waals surface area contributed by atoms with Crippen LogP contribution in [0.3, 0.4) is 0 Å². The van der Waals surface area contributed by atoms with Crippen LogP contribution in [-0.2, 0) is 18.3 Å². The van der Waals surface area contributed by atoms with Gasteiger partial charge in [0.25, 0.3) is 0 Å². The average molecular weight is 479 g/mol. The summed E-state index contributed by atoms with van der Waals surface area (Å²) in [6.45, 7) is 0. The second kappa shape index (κ2) is 8.97. The number of hydrogen-bond acceptors (Lipinski definition) is 2. The Kier molecular flexibility index (Phi) is 5.32. The molecule has 0 bridgehead atoms. The predicted molar refractivity (Wildman–Crippen MR) is 155 cm³/mol.